The number of esters is 1. The van der Waals surface area contributed by atoms with Gasteiger partial charge in [-0.05, 0) is 24.3 Å². The highest BCUT2D eigenvalue weighted by Gasteiger charge is 2.08. The lowest BCUT2D eigenvalue weighted by atomic mass is 10.2. The third-order valence-corrected chi connectivity index (χ3v) is 3.39. The van der Waals surface area contributed by atoms with E-state index in [1.54, 1.807) is 30.3 Å². The summed E-state index contributed by atoms with van der Waals surface area (Å²) < 4.78 is 5.26. The monoisotopic (exact) mass is 297 g/mol. The molecule has 2 aromatic carbocycles. The average Bonchev–Trinajstić information content (AvgIpc) is 2.54. The molecule has 3 nitrogen and oxygen atoms in total. The van der Waals surface area contributed by atoms with E-state index in [0.29, 0.717) is 21.8 Å². The number of benzene rings is 2. The van der Waals surface area contributed by atoms with Crippen LogP contribution in [0, 0.1) is 0 Å². The predicted molar refractivity (Wildman–Crippen MR) is 82.3 cm³/mol. The molecule has 3 aromatic rings. The smallest absolute Gasteiger partial charge is 0.338 e. The van der Waals surface area contributed by atoms with Crippen molar-refractivity contribution in [3.05, 3.63) is 76.9 Å². The van der Waals surface area contributed by atoms with Crippen LogP contribution in [0.4, 0.5) is 0 Å². The second-order valence-electron chi connectivity index (χ2n) is 4.56. The SMILES string of the molecule is O=C(OCc1ccc2cccc(Cl)c2n1)c1ccccc1. The second kappa shape index (κ2) is 5.94. The van der Waals surface area contributed by atoms with Crippen molar-refractivity contribution in [2.75, 3.05) is 0 Å². The van der Waals surface area contributed by atoms with Crippen LogP contribution in [0.1, 0.15) is 16.1 Å². The molecule has 3 rings (SSSR count). The first kappa shape index (κ1) is 13.6. The summed E-state index contributed by atoms with van der Waals surface area (Å²) in [5, 5.41) is 1.55. The van der Waals surface area contributed by atoms with Gasteiger partial charge in [-0.1, -0.05) is 48.0 Å². The van der Waals surface area contributed by atoms with Crippen LogP contribution in [0.2, 0.25) is 5.02 Å². The van der Waals surface area contributed by atoms with E-state index in [0.717, 1.165) is 5.39 Å². The van der Waals surface area contributed by atoms with Crippen molar-refractivity contribution in [1.82, 2.24) is 4.98 Å². The molecule has 0 amide bonds. The highest BCUT2D eigenvalue weighted by molar-refractivity contribution is 6.35. The van der Waals surface area contributed by atoms with Gasteiger partial charge >= 0.3 is 5.97 Å². The zero-order valence-electron chi connectivity index (χ0n) is 11.1. The van der Waals surface area contributed by atoms with Gasteiger partial charge < -0.3 is 4.74 Å². The first-order valence-corrected chi connectivity index (χ1v) is 6.88. The molecule has 104 valence electrons. The van der Waals surface area contributed by atoms with Crippen LogP contribution in [0.25, 0.3) is 10.9 Å². The second-order valence-corrected chi connectivity index (χ2v) is 4.96. The van der Waals surface area contributed by atoms with E-state index >= 15 is 0 Å². The molecule has 0 spiro atoms. The molecule has 0 saturated heterocycles. The Balaban J connectivity index is 1.77. The minimum atomic E-state index is -0.364. The zero-order chi connectivity index (χ0) is 14.7. The Morgan fingerprint density at radius 2 is 1.81 bits per heavy atom. The van der Waals surface area contributed by atoms with Gasteiger partial charge in [0.05, 0.1) is 21.8 Å². The van der Waals surface area contributed by atoms with Crippen molar-refractivity contribution in [1.29, 1.82) is 0 Å². The van der Waals surface area contributed by atoms with Gasteiger partial charge in [-0.2, -0.15) is 0 Å². The van der Waals surface area contributed by atoms with Crippen LogP contribution in [0.5, 0.6) is 0 Å². The van der Waals surface area contributed by atoms with Gasteiger partial charge in [0.15, 0.2) is 0 Å². The Morgan fingerprint density at radius 1 is 1.00 bits per heavy atom. The molecule has 0 aliphatic carbocycles. The number of carbonyl (C=O) groups excluding carboxylic acids is 1. The van der Waals surface area contributed by atoms with E-state index < -0.39 is 0 Å². The lowest BCUT2D eigenvalue weighted by molar-refractivity contribution is 0.0468. The maximum Gasteiger partial charge on any atom is 0.338 e. The molecule has 0 aliphatic heterocycles. The van der Waals surface area contributed by atoms with E-state index in [1.807, 2.05) is 30.3 Å². The molecule has 1 heterocycles. The van der Waals surface area contributed by atoms with Gasteiger partial charge in [-0.15, -0.1) is 0 Å². The molecule has 0 radical (unpaired) electrons. The van der Waals surface area contributed by atoms with Crippen LogP contribution in [-0.2, 0) is 11.3 Å². The maximum absolute atomic E-state index is 11.9. The lowest BCUT2D eigenvalue weighted by Crippen LogP contribution is -2.06. The Labute approximate surface area is 127 Å². The van der Waals surface area contributed by atoms with Crippen LogP contribution in [0.3, 0.4) is 0 Å². The van der Waals surface area contributed by atoms with Crippen LogP contribution >= 0.6 is 11.6 Å². The number of carbonyl (C=O) groups is 1. The number of nitrogens with zero attached hydrogens (tertiary/aromatic N) is 1. The Bertz CT molecular complexity index is 787. The summed E-state index contributed by atoms with van der Waals surface area (Å²) in [6.45, 7) is 0.120. The summed E-state index contributed by atoms with van der Waals surface area (Å²) in [6, 6.07) is 18.2. The first-order valence-electron chi connectivity index (χ1n) is 6.50. The van der Waals surface area contributed by atoms with Gasteiger partial charge in [0.2, 0.25) is 0 Å². The number of aromatic nitrogens is 1. The quantitative estimate of drug-likeness (QED) is 0.679. The molecule has 1 aromatic heterocycles. The number of para-hydroxylation sites is 1. The van der Waals surface area contributed by atoms with Crippen molar-refractivity contribution in [3.8, 4) is 0 Å². The molecule has 0 aliphatic rings. The fraction of sp³-hybridized carbons (Fsp3) is 0.0588. The van der Waals surface area contributed by atoms with E-state index in [2.05, 4.69) is 4.98 Å². The topological polar surface area (TPSA) is 39.2 Å². The van der Waals surface area contributed by atoms with Crippen molar-refractivity contribution in [2.24, 2.45) is 0 Å². The number of ether oxygens (including phenoxy) is 1. The normalized spacial score (nSPS) is 10.5. The number of fused-ring (bicyclic) bond motifs is 1. The average molecular weight is 298 g/mol. The lowest BCUT2D eigenvalue weighted by Gasteiger charge is -2.06. The van der Waals surface area contributed by atoms with E-state index in [9.17, 15) is 4.79 Å². The van der Waals surface area contributed by atoms with E-state index in [-0.39, 0.29) is 12.6 Å². The predicted octanol–water partition coefficient (Wildman–Crippen LogP) is 4.25. The third-order valence-electron chi connectivity index (χ3n) is 3.09. The summed E-state index contributed by atoms with van der Waals surface area (Å²) in [5.41, 5.74) is 1.91. The molecule has 0 atom stereocenters. The zero-order valence-corrected chi connectivity index (χ0v) is 11.9. The van der Waals surface area contributed by atoms with Gasteiger partial charge in [0, 0.05) is 5.39 Å². The standard InChI is InChI=1S/C17H12ClNO2/c18-15-8-4-7-12-9-10-14(19-16(12)15)11-21-17(20)13-5-2-1-3-6-13/h1-10H,11H2. The minimum Gasteiger partial charge on any atom is -0.456 e. The summed E-state index contributed by atoms with van der Waals surface area (Å²) in [5.74, 6) is -0.364. The molecule has 0 bridgehead atoms. The third kappa shape index (κ3) is 3.03. The Kier molecular flexibility index (Phi) is 3.84. The summed E-state index contributed by atoms with van der Waals surface area (Å²) >= 11 is 6.12. The van der Waals surface area contributed by atoms with Gasteiger partial charge in [-0.25, -0.2) is 9.78 Å². The molecule has 0 fully saturated rings. The van der Waals surface area contributed by atoms with Crippen molar-refractivity contribution < 1.29 is 9.53 Å². The molecule has 21 heavy (non-hydrogen) atoms. The summed E-state index contributed by atoms with van der Waals surface area (Å²) in [7, 11) is 0. The molecule has 4 heteroatoms. The molecule has 0 saturated carbocycles. The number of halogens is 1. The molecular formula is C17H12ClNO2. The van der Waals surface area contributed by atoms with Crippen molar-refractivity contribution in [2.45, 2.75) is 6.61 Å². The maximum atomic E-state index is 11.9. The van der Waals surface area contributed by atoms with Crippen LogP contribution in [0.15, 0.2) is 60.7 Å². The molecule has 0 N–H and O–H groups in total. The molecular weight excluding hydrogens is 286 g/mol. The largest absolute Gasteiger partial charge is 0.456 e. The van der Waals surface area contributed by atoms with Crippen LogP contribution in [-0.4, -0.2) is 11.0 Å². The van der Waals surface area contributed by atoms with Crippen LogP contribution < -0.4 is 0 Å². The summed E-state index contributed by atoms with van der Waals surface area (Å²) in [4.78, 5) is 16.3. The fourth-order valence-electron chi connectivity index (χ4n) is 2.03. The number of hydrogen-bond acceptors (Lipinski definition) is 3. The van der Waals surface area contributed by atoms with Gasteiger partial charge in [0.1, 0.15) is 6.61 Å². The van der Waals surface area contributed by atoms with Crippen molar-refractivity contribution >= 4 is 28.5 Å². The van der Waals surface area contributed by atoms with E-state index in [1.165, 1.54) is 0 Å². The van der Waals surface area contributed by atoms with Crippen molar-refractivity contribution in [3.63, 3.8) is 0 Å². The first-order chi connectivity index (χ1) is 10.2. The van der Waals surface area contributed by atoms with Gasteiger partial charge in [-0.3, -0.25) is 0 Å². The molecule has 0 unspecified atom stereocenters. The Hall–Kier alpha value is -2.39. The number of rotatable bonds is 3. The number of pyridine rings is 1. The minimum absolute atomic E-state index is 0.120. The van der Waals surface area contributed by atoms with Gasteiger partial charge in [0.25, 0.3) is 0 Å². The fourth-order valence-corrected chi connectivity index (χ4v) is 2.25. The Morgan fingerprint density at radius 3 is 2.62 bits per heavy atom. The highest BCUT2D eigenvalue weighted by atomic mass is 35.5. The van der Waals surface area contributed by atoms with E-state index in [4.69, 9.17) is 16.3 Å². The highest BCUT2D eigenvalue weighted by Crippen LogP contribution is 2.21. The number of hydrogen-bond donors (Lipinski definition) is 0. The summed E-state index contributed by atoms with van der Waals surface area (Å²) in [6.07, 6.45) is 0.